The Morgan fingerprint density at radius 1 is 0.615 bits per heavy atom. The SMILES string of the molecule is CCCCCCCCCCCCCCCC=CCCc1ccccc1C1=CC=C(c2ccc(CC)cc2)[N+]1=[N-]. The van der Waals surface area contributed by atoms with E-state index in [1.165, 1.54) is 106 Å². The quantitative estimate of drug-likeness (QED) is 0.0935. The van der Waals surface area contributed by atoms with Crippen LogP contribution in [-0.2, 0) is 12.8 Å². The number of hydrogen-bond acceptors (Lipinski definition) is 0. The average molecular weight is 525 g/mol. The molecule has 0 saturated carbocycles. The Morgan fingerprint density at radius 3 is 1.82 bits per heavy atom. The van der Waals surface area contributed by atoms with Crippen molar-refractivity contribution in [2.45, 2.75) is 123 Å². The molecular weight excluding hydrogens is 472 g/mol. The van der Waals surface area contributed by atoms with Crippen molar-refractivity contribution in [3.8, 4) is 0 Å². The fourth-order valence-corrected chi connectivity index (χ4v) is 5.51. The maximum atomic E-state index is 11.0. The number of rotatable bonds is 20. The predicted octanol–water partition coefficient (Wildman–Crippen LogP) is 11.6. The third-order valence-electron chi connectivity index (χ3n) is 8.03. The van der Waals surface area contributed by atoms with Gasteiger partial charge in [0, 0.05) is 23.3 Å². The summed E-state index contributed by atoms with van der Waals surface area (Å²) < 4.78 is 1.35. The highest BCUT2D eigenvalue weighted by Crippen LogP contribution is 2.32. The van der Waals surface area contributed by atoms with Crippen LogP contribution in [0.15, 0.2) is 72.8 Å². The minimum Gasteiger partial charge on any atom is -0.493 e. The molecule has 0 fully saturated rings. The molecule has 0 bridgehead atoms. The Bertz CT molecular complexity index is 1070. The van der Waals surface area contributed by atoms with E-state index in [2.05, 4.69) is 74.5 Å². The van der Waals surface area contributed by atoms with E-state index in [9.17, 15) is 5.53 Å². The normalized spacial score (nSPS) is 13.3. The highest BCUT2D eigenvalue weighted by atomic mass is 15.2. The topological polar surface area (TPSA) is 25.3 Å². The second kappa shape index (κ2) is 18.5. The van der Waals surface area contributed by atoms with Crippen LogP contribution >= 0.6 is 0 Å². The van der Waals surface area contributed by atoms with E-state index in [1.807, 2.05) is 12.2 Å². The predicted molar refractivity (Wildman–Crippen MR) is 170 cm³/mol. The molecule has 0 N–H and O–H groups in total. The van der Waals surface area contributed by atoms with Gasteiger partial charge >= 0.3 is 0 Å². The van der Waals surface area contributed by atoms with Crippen LogP contribution in [0.5, 0.6) is 0 Å². The summed E-state index contributed by atoms with van der Waals surface area (Å²) in [5, 5.41) is 0. The molecule has 2 aromatic rings. The Labute approximate surface area is 239 Å². The van der Waals surface area contributed by atoms with Gasteiger partial charge in [-0.15, -0.1) is 0 Å². The lowest BCUT2D eigenvalue weighted by Crippen LogP contribution is -2.04. The number of aryl methyl sites for hydroxylation is 2. The van der Waals surface area contributed by atoms with Crippen molar-refractivity contribution >= 4 is 11.4 Å². The number of nitrogens with zero attached hydrogens (tertiary/aromatic N) is 2. The zero-order valence-electron chi connectivity index (χ0n) is 24.8. The second-order valence-electron chi connectivity index (χ2n) is 11.2. The number of allylic oxidation sites excluding steroid dienone is 4. The fourth-order valence-electron chi connectivity index (χ4n) is 5.51. The van der Waals surface area contributed by atoms with E-state index in [0.29, 0.717) is 0 Å². The first kappa shape index (κ1) is 30.8. The van der Waals surface area contributed by atoms with Gasteiger partial charge in [0.25, 0.3) is 0 Å². The molecule has 0 spiro atoms. The molecule has 0 atom stereocenters. The minimum atomic E-state index is 0.833. The zero-order chi connectivity index (χ0) is 27.5. The molecule has 1 aliphatic heterocycles. The monoisotopic (exact) mass is 524 g/mol. The maximum Gasteiger partial charge on any atom is 0.207 e. The third-order valence-corrected chi connectivity index (χ3v) is 8.03. The van der Waals surface area contributed by atoms with Crippen LogP contribution in [0.2, 0.25) is 0 Å². The molecule has 1 aliphatic rings. The summed E-state index contributed by atoms with van der Waals surface area (Å²) in [6, 6.07) is 17.0. The molecule has 3 rings (SSSR count). The molecule has 0 unspecified atom stereocenters. The summed E-state index contributed by atoms with van der Waals surface area (Å²) in [7, 11) is 0. The lowest BCUT2D eigenvalue weighted by molar-refractivity contribution is -0.344. The van der Waals surface area contributed by atoms with Gasteiger partial charge in [-0.25, -0.2) is 4.70 Å². The molecule has 210 valence electrons. The van der Waals surface area contributed by atoms with E-state index in [1.54, 1.807) is 0 Å². The van der Waals surface area contributed by atoms with E-state index in [0.717, 1.165) is 41.8 Å². The van der Waals surface area contributed by atoms with E-state index in [-0.39, 0.29) is 0 Å². The van der Waals surface area contributed by atoms with Gasteiger partial charge in [-0.3, -0.25) is 0 Å². The summed E-state index contributed by atoms with van der Waals surface area (Å²) in [6.45, 7) is 4.45. The Hall–Kier alpha value is -2.74. The molecule has 1 heterocycles. The van der Waals surface area contributed by atoms with Crippen LogP contribution in [0.3, 0.4) is 0 Å². The van der Waals surface area contributed by atoms with Gasteiger partial charge in [0.05, 0.1) is 0 Å². The molecule has 39 heavy (non-hydrogen) atoms. The first-order chi connectivity index (χ1) is 19.2. The highest BCUT2D eigenvalue weighted by Gasteiger charge is 2.24. The summed E-state index contributed by atoms with van der Waals surface area (Å²) >= 11 is 0. The Balaban J connectivity index is 1.29. The van der Waals surface area contributed by atoms with E-state index < -0.39 is 0 Å². The van der Waals surface area contributed by atoms with Gasteiger partial charge in [0.1, 0.15) is 0 Å². The van der Waals surface area contributed by atoms with Gasteiger partial charge < -0.3 is 5.53 Å². The summed E-state index contributed by atoms with van der Waals surface area (Å²) in [5.41, 5.74) is 17.4. The molecule has 0 aromatic heterocycles. The molecule has 2 nitrogen and oxygen atoms in total. The minimum absolute atomic E-state index is 0.833. The summed E-state index contributed by atoms with van der Waals surface area (Å²) in [5.74, 6) is 0. The molecule has 0 aliphatic carbocycles. The Morgan fingerprint density at radius 2 is 1.18 bits per heavy atom. The number of unbranched alkanes of at least 4 members (excludes halogenated alkanes) is 13. The van der Waals surface area contributed by atoms with Crippen molar-refractivity contribution in [1.29, 1.82) is 0 Å². The first-order valence-corrected chi connectivity index (χ1v) is 16.0. The molecular formula is C37H52N2. The second-order valence-corrected chi connectivity index (χ2v) is 11.2. The smallest absolute Gasteiger partial charge is 0.207 e. The highest BCUT2D eigenvalue weighted by molar-refractivity contribution is 5.76. The average Bonchev–Trinajstić information content (AvgIpc) is 3.35. The molecule has 0 radical (unpaired) electrons. The summed E-state index contributed by atoms with van der Waals surface area (Å²) in [4.78, 5) is 0. The fraction of sp³-hybridized carbons (Fsp3) is 0.514. The van der Waals surface area contributed by atoms with Gasteiger partial charge in [-0.05, 0) is 61.4 Å². The molecule has 0 saturated heterocycles. The zero-order valence-corrected chi connectivity index (χ0v) is 24.8. The van der Waals surface area contributed by atoms with Crippen molar-refractivity contribution in [1.82, 2.24) is 0 Å². The van der Waals surface area contributed by atoms with Crippen molar-refractivity contribution in [3.63, 3.8) is 0 Å². The van der Waals surface area contributed by atoms with Crippen LogP contribution < -0.4 is 0 Å². The lowest BCUT2D eigenvalue weighted by Gasteiger charge is -2.12. The van der Waals surface area contributed by atoms with Crippen molar-refractivity contribution in [3.05, 3.63) is 101 Å². The largest absolute Gasteiger partial charge is 0.493 e. The standard InChI is InChI=1S/C37H52N2/c1-3-5-6-7-8-9-10-11-12-13-14-15-16-17-18-19-20-23-33-24-21-22-25-35(33)37-31-30-36(39(37)38)34-28-26-32(4-2)27-29-34/h18-19,21-22,24-31H,3-17,20,23H2,1-2H3. The molecule has 2 aromatic carbocycles. The van der Waals surface area contributed by atoms with Crippen LogP contribution in [0.25, 0.3) is 16.9 Å². The number of hydrogen-bond donors (Lipinski definition) is 0. The third kappa shape index (κ3) is 10.7. The molecule has 0 amide bonds. The van der Waals surface area contributed by atoms with Crippen molar-refractivity contribution < 1.29 is 4.70 Å². The Kier molecular flexibility index (Phi) is 14.6. The van der Waals surface area contributed by atoms with Gasteiger partial charge in [0.2, 0.25) is 11.4 Å². The van der Waals surface area contributed by atoms with Gasteiger partial charge in [-0.1, -0.05) is 133 Å². The van der Waals surface area contributed by atoms with Gasteiger partial charge in [0.15, 0.2) is 0 Å². The van der Waals surface area contributed by atoms with E-state index in [4.69, 9.17) is 0 Å². The van der Waals surface area contributed by atoms with Crippen LogP contribution in [-0.4, -0.2) is 4.70 Å². The maximum absolute atomic E-state index is 11.0. The number of benzene rings is 2. The van der Waals surface area contributed by atoms with E-state index >= 15 is 0 Å². The van der Waals surface area contributed by atoms with Crippen LogP contribution in [0, 0.1) is 0 Å². The summed E-state index contributed by atoms with van der Waals surface area (Å²) in [6.07, 6.45) is 31.3. The van der Waals surface area contributed by atoms with Crippen LogP contribution in [0.4, 0.5) is 0 Å². The van der Waals surface area contributed by atoms with Crippen molar-refractivity contribution in [2.24, 2.45) is 0 Å². The van der Waals surface area contributed by atoms with Gasteiger partial charge in [-0.2, -0.15) is 0 Å². The first-order valence-electron chi connectivity index (χ1n) is 16.0. The van der Waals surface area contributed by atoms with Crippen LogP contribution in [0.1, 0.15) is 132 Å². The van der Waals surface area contributed by atoms with Crippen molar-refractivity contribution in [2.75, 3.05) is 0 Å². The molecule has 2 heteroatoms. The lowest BCUT2D eigenvalue weighted by atomic mass is 10.00.